The lowest BCUT2D eigenvalue weighted by Gasteiger charge is -2.38. The normalized spacial score (nSPS) is 15.4. The molecule has 3 heteroatoms. The van der Waals surface area contributed by atoms with Crippen LogP contribution in [0.4, 0.5) is 0 Å². The fraction of sp³-hybridized carbons (Fsp3) is 0.643. The molecule has 0 aliphatic rings. The average molecular weight is 251 g/mol. The highest BCUT2D eigenvalue weighted by Crippen LogP contribution is 2.37. The van der Waals surface area contributed by atoms with E-state index in [0.29, 0.717) is 0 Å². The summed E-state index contributed by atoms with van der Waals surface area (Å²) in [6.07, 6.45) is 8.29. The van der Waals surface area contributed by atoms with Gasteiger partial charge in [0, 0.05) is 12.2 Å². The van der Waals surface area contributed by atoms with Crippen molar-refractivity contribution in [2.75, 3.05) is 0 Å². The Balaban J connectivity index is 4.20. The molecule has 1 unspecified atom stereocenters. The summed E-state index contributed by atoms with van der Waals surface area (Å²) >= 11 is 0. The Bertz CT molecular complexity index is 318. The van der Waals surface area contributed by atoms with Crippen molar-refractivity contribution in [3.8, 4) is 6.07 Å². The SMILES string of the molecule is CC(C/C=C/C=C/C#N)O[Si](C)(C)C(C)(C)C. The topological polar surface area (TPSA) is 33.0 Å². The van der Waals surface area contributed by atoms with Crippen molar-refractivity contribution in [3.63, 3.8) is 0 Å². The number of hydrogen-bond acceptors (Lipinski definition) is 2. The number of hydrogen-bond donors (Lipinski definition) is 0. The van der Waals surface area contributed by atoms with E-state index in [-0.39, 0.29) is 11.1 Å². The van der Waals surface area contributed by atoms with Crippen LogP contribution >= 0.6 is 0 Å². The first kappa shape index (κ1) is 16.1. The molecule has 0 bridgehead atoms. The van der Waals surface area contributed by atoms with Gasteiger partial charge in [-0.2, -0.15) is 5.26 Å². The maximum atomic E-state index is 8.33. The van der Waals surface area contributed by atoms with Crippen molar-refractivity contribution < 1.29 is 4.43 Å². The second-order valence-corrected chi connectivity index (χ2v) is 10.6. The maximum Gasteiger partial charge on any atom is 0.192 e. The van der Waals surface area contributed by atoms with E-state index in [9.17, 15) is 0 Å². The molecule has 0 aromatic heterocycles. The molecule has 0 saturated carbocycles. The predicted molar refractivity (Wildman–Crippen MR) is 76.3 cm³/mol. The van der Waals surface area contributed by atoms with E-state index in [1.54, 1.807) is 6.08 Å². The zero-order chi connectivity index (χ0) is 13.5. The van der Waals surface area contributed by atoms with Gasteiger partial charge >= 0.3 is 0 Å². The molecule has 0 radical (unpaired) electrons. The van der Waals surface area contributed by atoms with E-state index in [1.165, 1.54) is 6.08 Å². The average Bonchev–Trinajstić information content (AvgIpc) is 2.14. The van der Waals surface area contributed by atoms with Crippen molar-refractivity contribution in [1.82, 2.24) is 0 Å². The summed E-state index contributed by atoms with van der Waals surface area (Å²) in [6.45, 7) is 13.4. The maximum absolute atomic E-state index is 8.33. The second-order valence-electron chi connectivity index (χ2n) is 5.84. The first-order chi connectivity index (χ1) is 7.70. The van der Waals surface area contributed by atoms with Crippen LogP contribution in [0.1, 0.15) is 34.1 Å². The minimum absolute atomic E-state index is 0.239. The van der Waals surface area contributed by atoms with Crippen LogP contribution in [0, 0.1) is 11.3 Å². The zero-order valence-electron chi connectivity index (χ0n) is 11.9. The molecule has 0 heterocycles. The minimum atomic E-state index is -1.65. The quantitative estimate of drug-likeness (QED) is 0.411. The number of nitriles is 1. The van der Waals surface area contributed by atoms with Gasteiger partial charge in [0.2, 0.25) is 0 Å². The van der Waals surface area contributed by atoms with E-state index in [2.05, 4.69) is 40.8 Å². The first-order valence-corrected chi connectivity index (χ1v) is 9.00. The standard InChI is InChI=1S/C14H25NOSi/c1-13(11-9-7-8-10-12-15)16-17(5,6)14(2,3)4/h7-10,13H,11H2,1-6H3/b9-7+,10-8+. The van der Waals surface area contributed by atoms with Crippen molar-refractivity contribution in [3.05, 3.63) is 24.3 Å². The molecule has 17 heavy (non-hydrogen) atoms. The van der Waals surface area contributed by atoms with Crippen LogP contribution < -0.4 is 0 Å². The first-order valence-electron chi connectivity index (χ1n) is 6.10. The third kappa shape index (κ3) is 6.45. The van der Waals surface area contributed by atoms with Gasteiger partial charge in [0.1, 0.15) is 0 Å². The molecule has 96 valence electrons. The summed E-state index contributed by atoms with van der Waals surface area (Å²) in [4.78, 5) is 0. The molecule has 0 rings (SSSR count). The fourth-order valence-electron chi connectivity index (χ4n) is 1.18. The van der Waals surface area contributed by atoms with Gasteiger partial charge in [-0.25, -0.2) is 0 Å². The van der Waals surface area contributed by atoms with Crippen molar-refractivity contribution >= 4 is 8.32 Å². The second kappa shape index (κ2) is 6.78. The Hall–Kier alpha value is -0.853. The summed E-state index contributed by atoms with van der Waals surface area (Å²) in [7, 11) is -1.65. The van der Waals surface area contributed by atoms with Gasteiger partial charge in [0.05, 0.1) is 6.07 Å². The van der Waals surface area contributed by atoms with E-state index >= 15 is 0 Å². The Labute approximate surface area is 107 Å². The van der Waals surface area contributed by atoms with Crippen LogP contribution in [0.15, 0.2) is 24.3 Å². The summed E-state index contributed by atoms with van der Waals surface area (Å²) in [5.41, 5.74) is 0. The lowest BCUT2D eigenvalue weighted by atomic mass is 10.2. The van der Waals surface area contributed by atoms with Crippen molar-refractivity contribution in [1.29, 1.82) is 5.26 Å². The van der Waals surface area contributed by atoms with Crippen LogP contribution in [0.2, 0.25) is 18.1 Å². The highest BCUT2D eigenvalue weighted by Gasteiger charge is 2.38. The largest absolute Gasteiger partial charge is 0.414 e. The fourth-order valence-corrected chi connectivity index (χ4v) is 2.63. The zero-order valence-corrected chi connectivity index (χ0v) is 12.9. The highest BCUT2D eigenvalue weighted by atomic mass is 28.4. The molecule has 0 aromatic rings. The molecule has 0 aliphatic heterocycles. The summed E-state index contributed by atoms with van der Waals surface area (Å²) in [5.74, 6) is 0. The third-order valence-electron chi connectivity index (χ3n) is 3.19. The molecular formula is C14H25NOSi. The van der Waals surface area contributed by atoms with Crippen LogP contribution in [-0.2, 0) is 4.43 Å². The monoisotopic (exact) mass is 251 g/mol. The smallest absolute Gasteiger partial charge is 0.192 e. The summed E-state index contributed by atoms with van der Waals surface area (Å²) < 4.78 is 6.21. The van der Waals surface area contributed by atoms with Gasteiger partial charge in [-0.15, -0.1) is 0 Å². The van der Waals surface area contributed by atoms with E-state index < -0.39 is 8.32 Å². The summed E-state index contributed by atoms with van der Waals surface area (Å²) in [5, 5.41) is 8.58. The Morgan fingerprint density at radius 3 is 2.35 bits per heavy atom. The van der Waals surface area contributed by atoms with Gasteiger partial charge < -0.3 is 4.43 Å². The van der Waals surface area contributed by atoms with Crippen molar-refractivity contribution in [2.24, 2.45) is 0 Å². The summed E-state index contributed by atoms with van der Waals surface area (Å²) in [6, 6.07) is 1.96. The molecule has 0 N–H and O–H groups in total. The third-order valence-corrected chi connectivity index (χ3v) is 7.79. The van der Waals surface area contributed by atoms with Gasteiger partial charge in [0.25, 0.3) is 0 Å². The molecular weight excluding hydrogens is 226 g/mol. The number of rotatable bonds is 5. The lowest BCUT2D eigenvalue weighted by molar-refractivity contribution is 0.202. The molecule has 0 aliphatic carbocycles. The van der Waals surface area contributed by atoms with Gasteiger partial charge in [-0.1, -0.05) is 39.0 Å². The number of allylic oxidation sites excluding steroid dienone is 3. The Morgan fingerprint density at radius 1 is 1.29 bits per heavy atom. The predicted octanol–water partition coefficient (Wildman–Crippen LogP) is 4.42. The van der Waals surface area contributed by atoms with Gasteiger partial charge in [-0.3, -0.25) is 0 Å². The van der Waals surface area contributed by atoms with E-state index in [1.807, 2.05) is 18.2 Å². The van der Waals surface area contributed by atoms with Gasteiger partial charge in [0.15, 0.2) is 8.32 Å². The Kier molecular flexibility index (Phi) is 6.44. The van der Waals surface area contributed by atoms with Crippen LogP contribution in [0.5, 0.6) is 0 Å². The van der Waals surface area contributed by atoms with Crippen LogP contribution in [0.3, 0.4) is 0 Å². The lowest BCUT2D eigenvalue weighted by Crippen LogP contribution is -2.43. The molecule has 0 spiro atoms. The minimum Gasteiger partial charge on any atom is -0.414 e. The molecule has 0 fully saturated rings. The molecule has 0 aromatic carbocycles. The van der Waals surface area contributed by atoms with E-state index in [4.69, 9.17) is 9.69 Å². The molecule has 2 nitrogen and oxygen atoms in total. The van der Waals surface area contributed by atoms with E-state index in [0.717, 1.165) is 6.42 Å². The van der Waals surface area contributed by atoms with Crippen LogP contribution in [-0.4, -0.2) is 14.4 Å². The number of nitrogens with zero attached hydrogens (tertiary/aromatic N) is 1. The van der Waals surface area contributed by atoms with Gasteiger partial charge in [-0.05, 0) is 31.5 Å². The molecule has 0 amide bonds. The molecule has 0 saturated heterocycles. The molecule has 1 atom stereocenters. The van der Waals surface area contributed by atoms with Crippen LogP contribution in [0.25, 0.3) is 0 Å². The highest BCUT2D eigenvalue weighted by molar-refractivity contribution is 6.74. The van der Waals surface area contributed by atoms with Crippen molar-refractivity contribution in [2.45, 2.75) is 58.4 Å². The Morgan fingerprint density at radius 2 is 1.88 bits per heavy atom.